The van der Waals surface area contributed by atoms with Gasteiger partial charge in [-0.15, -0.1) is 0 Å². The highest BCUT2D eigenvalue weighted by Gasteiger charge is 2.35. The molecule has 0 unspecified atom stereocenters. The lowest BCUT2D eigenvalue weighted by Crippen LogP contribution is -2.48. The van der Waals surface area contributed by atoms with Crippen LogP contribution in [0.2, 0.25) is 0 Å². The van der Waals surface area contributed by atoms with Crippen molar-refractivity contribution >= 4 is 10.2 Å². The SMILES string of the molecule is C[C@@H]1CCCN(S(=O)(=O)N(CCC#N)CC2CC2)C1. The number of nitriles is 1. The summed E-state index contributed by atoms with van der Waals surface area (Å²) in [5.41, 5.74) is 0. The molecule has 0 bridgehead atoms. The molecular weight excluding hydrogens is 262 g/mol. The van der Waals surface area contributed by atoms with Gasteiger partial charge in [-0.3, -0.25) is 0 Å². The van der Waals surface area contributed by atoms with Crippen molar-refractivity contribution < 1.29 is 8.42 Å². The molecule has 0 aromatic rings. The Balaban J connectivity index is 2.05. The van der Waals surface area contributed by atoms with Crippen molar-refractivity contribution in [1.29, 1.82) is 5.26 Å². The smallest absolute Gasteiger partial charge is 0.198 e. The van der Waals surface area contributed by atoms with E-state index in [9.17, 15) is 8.42 Å². The van der Waals surface area contributed by atoms with E-state index in [4.69, 9.17) is 5.26 Å². The number of hydrogen-bond acceptors (Lipinski definition) is 3. The predicted molar refractivity (Wildman–Crippen MR) is 73.4 cm³/mol. The van der Waals surface area contributed by atoms with Gasteiger partial charge in [0.1, 0.15) is 0 Å². The van der Waals surface area contributed by atoms with Crippen LogP contribution in [-0.4, -0.2) is 43.2 Å². The van der Waals surface area contributed by atoms with Gasteiger partial charge in [0, 0.05) is 32.6 Å². The first-order valence-corrected chi connectivity index (χ1v) is 8.56. The first kappa shape index (κ1) is 14.8. The number of hydrogen-bond donors (Lipinski definition) is 0. The second kappa shape index (κ2) is 6.21. The van der Waals surface area contributed by atoms with Gasteiger partial charge < -0.3 is 0 Å². The van der Waals surface area contributed by atoms with E-state index in [0.717, 1.165) is 25.7 Å². The Morgan fingerprint density at radius 3 is 2.68 bits per heavy atom. The summed E-state index contributed by atoms with van der Waals surface area (Å²) < 4.78 is 28.4. The van der Waals surface area contributed by atoms with E-state index in [1.54, 1.807) is 4.31 Å². The van der Waals surface area contributed by atoms with Crippen molar-refractivity contribution in [3.05, 3.63) is 0 Å². The summed E-state index contributed by atoms with van der Waals surface area (Å²) in [5, 5.41) is 8.70. The molecule has 1 saturated heterocycles. The number of piperidine rings is 1. The van der Waals surface area contributed by atoms with Crippen molar-refractivity contribution in [3.8, 4) is 6.07 Å². The highest BCUT2D eigenvalue weighted by Crippen LogP contribution is 2.31. The van der Waals surface area contributed by atoms with E-state index in [0.29, 0.717) is 38.0 Å². The van der Waals surface area contributed by atoms with Crippen LogP contribution in [0, 0.1) is 23.2 Å². The van der Waals surface area contributed by atoms with Crippen LogP contribution < -0.4 is 0 Å². The number of nitrogens with zero attached hydrogens (tertiary/aromatic N) is 3. The summed E-state index contributed by atoms with van der Waals surface area (Å²) in [6, 6.07) is 2.05. The molecule has 0 amide bonds. The van der Waals surface area contributed by atoms with Gasteiger partial charge in [0.2, 0.25) is 0 Å². The topological polar surface area (TPSA) is 64.4 Å². The Hall–Kier alpha value is -0.640. The first-order valence-electron chi connectivity index (χ1n) is 7.16. The Morgan fingerprint density at radius 1 is 1.37 bits per heavy atom. The monoisotopic (exact) mass is 285 g/mol. The van der Waals surface area contributed by atoms with Crippen LogP contribution in [0.5, 0.6) is 0 Å². The Bertz CT molecular complexity index is 439. The van der Waals surface area contributed by atoms with E-state index in [2.05, 4.69) is 13.0 Å². The van der Waals surface area contributed by atoms with Crippen molar-refractivity contribution in [2.75, 3.05) is 26.2 Å². The molecule has 6 heteroatoms. The largest absolute Gasteiger partial charge is 0.282 e. The predicted octanol–water partition coefficient (Wildman–Crippen LogP) is 1.59. The van der Waals surface area contributed by atoms with Crippen molar-refractivity contribution in [2.45, 2.75) is 39.0 Å². The van der Waals surface area contributed by atoms with Crippen molar-refractivity contribution in [2.24, 2.45) is 11.8 Å². The van der Waals surface area contributed by atoms with Gasteiger partial charge in [-0.1, -0.05) is 6.92 Å². The highest BCUT2D eigenvalue weighted by molar-refractivity contribution is 7.86. The number of rotatable bonds is 6. The Morgan fingerprint density at radius 2 is 2.11 bits per heavy atom. The van der Waals surface area contributed by atoms with Crippen LogP contribution in [0.1, 0.15) is 39.0 Å². The van der Waals surface area contributed by atoms with E-state index in [1.165, 1.54) is 4.31 Å². The van der Waals surface area contributed by atoms with Crippen LogP contribution >= 0.6 is 0 Å². The maximum Gasteiger partial charge on any atom is 0.282 e. The minimum absolute atomic E-state index is 0.273. The highest BCUT2D eigenvalue weighted by atomic mass is 32.2. The van der Waals surface area contributed by atoms with Gasteiger partial charge in [-0.25, -0.2) is 0 Å². The summed E-state index contributed by atoms with van der Waals surface area (Å²) >= 11 is 0. The van der Waals surface area contributed by atoms with Crippen LogP contribution in [0.4, 0.5) is 0 Å². The third kappa shape index (κ3) is 3.91. The van der Waals surface area contributed by atoms with E-state index < -0.39 is 10.2 Å². The Kier molecular flexibility index (Phi) is 4.82. The molecule has 2 aliphatic rings. The zero-order chi connectivity index (χ0) is 13.9. The quantitative estimate of drug-likeness (QED) is 0.744. The summed E-state index contributed by atoms with van der Waals surface area (Å²) in [6.45, 7) is 4.27. The normalized spacial score (nSPS) is 25.4. The minimum Gasteiger partial charge on any atom is -0.198 e. The third-order valence-electron chi connectivity index (χ3n) is 3.90. The van der Waals surface area contributed by atoms with E-state index in [1.807, 2.05) is 0 Å². The Labute approximate surface area is 116 Å². The second-order valence-electron chi connectivity index (χ2n) is 5.82. The lowest BCUT2D eigenvalue weighted by molar-refractivity contribution is 0.256. The van der Waals surface area contributed by atoms with Gasteiger partial charge in [0.05, 0.1) is 6.07 Å². The van der Waals surface area contributed by atoms with Crippen molar-refractivity contribution in [1.82, 2.24) is 8.61 Å². The van der Waals surface area contributed by atoms with Gasteiger partial charge in [-0.2, -0.15) is 22.3 Å². The summed E-state index contributed by atoms with van der Waals surface area (Å²) in [7, 11) is -3.37. The van der Waals surface area contributed by atoms with Crippen LogP contribution in [0.15, 0.2) is 0 Å². The molecule has 0 aromatic carbocycles. The maximum absolute atomic E-state index is 12.6. The summed E-state index contributed by atoms with van der Waals surface area (Å²) in [4.78, 5) is 0. The molecule has 2 fully saturated rings. The molecule has 108 valence electrons. The van der Waals surface area contributed by atoms with E-state index in [-0.39, 0.29) is 6.42 Å². The molecule has 1 aliphatic heterocycles. The summed E-state index contributed by atoms with van der Waals surface area (Å²) in [5.74, 6) is 0.943. The zero-order valence-electron chi connectivity index (χ0n) is 11.6. The second-order valence-corrected chi connectivity index (χ2v) is 7.75. The molecule has 1 atom stereocenters. The molecule has 0 spiro atoms. The standard InChI is InChI=1S/C13H23N3O2S/c1-12-4-2-8-15(10-12)19(17,18)16(9-3-7-14)11-13-5-6-13/h12-13H,2-6,8-11H2,1H3/t12-/m1/s1. The van der Waals surface area contributed by atoms with Crippen LogP contribution in [0.3, 0.4) is 0 Å². The molecule has 0 N–H and O–H groups in total. The molecule has 19 heavy (non-hydrogen) atoms. The summed E-state index contributed by atoms with van der Waals surface area (Å²) in [6.07, 6.45) is 4.56. The average Bonchev–Trinajstić information content (AvgIpc) is 3.18. The molecule has 0 aromatic heterocycles. The lowest BCUT2D eigenvalue weighted by atomic mass is 10.0. The first-order chi connectivity index (χ1) is 9.04. The zero-order valence-corrected chi connectivity index (χ0v) is 12.4. The van der Waals surface area contributed by atoms with Crippen molar-refractivity contribution in [3.63, 3.8) is 0 Å². The maximum atomic E-state index is 12.6. The molecular formula is C13H23N3O2S. The fourth-order valence-corrected chi connectivity index (χ4v) is 4.43. The molecule has 2 rings (SSSR count). The molecule has 5 nitrogen and oxygen atoms in total. The van der Waals surface area contributed by atoms with Gasteiger partial charge in [0.15, 0.2) is 0 Å². The molecule has 1 saturated carbocycles. The minimum atomic E-state index is -3.37. The molecule has 0 radical (unpaired) electrons. The average molecular weight is 285 g/mol. The fourth-order valence-electron chi connectivity index (χ4n) is 2.58. The fraction of sp³-hybridized carbons (Fsp3) is 0.923. The van der Waals surface area contributed by atoms with Gasteiger partial charge in [0.25, 0.3) is 10.2 Å². The van der Waals surface area contributed by atoms with E-state index >= 15 is 0 Å². The lowest BCUT2D eigenvalue weighted by Gasteiger charge is -2.34. The van der Waals surface area contributed by atoms with Gasteiger partial charge >= 0.3 is 0 Å². The molecule has 1 heterocycles. The van der Waals surface area contributed by atoms with Crippen LogP contribution in [0.25, 0.3) is 0 Å². The van der Waals surface area contributed by atoms with Crippen LogP contribution in [-0.2, 0) is 10.2 Å². The third-order valence-corrected chi connectivity index (χ3v) is 5.87. The van der Waals surface area contributed by atoms with Gasteiger partial charge in [-0.05, 0) is 37.5 Å². The molecule has 1 aliphatic carbocycles.